The second-order valence-electron chi connectivity index (χ2n) is 6.85. The van der Waals surface area contributed by atoms with E-state index in [0.29, 0.717) is 32.5 Å². The fourth-order valence-electron chi connectivity index (χ4n) is 3.06. The van der Waals surface area contributed by atoms with Crippen LogP contribution in [0.4, 0.5) is 0 Å². The highest BCUT2D eigenvalue weighted by Gasteiger charge is 2.26. The molecule has 1 heterocycles. The number of nitro groups is 1. The van der Waals surface area contributed by atoms with E-state index in [0.717, 1.165) is 11.3 Å². The van der Waals surface area contributed by atoms with Gasteiger partial charge < -0.3 is 9.47 Å². The molecule has 0 saturated carbocycles. The van der Waals surface area contributed by atoms with Gasteiger partial charge in [0.15, 0.2) is 16.7 Å². The highest BCUT2D eigenvalue weighted by Crippen LogP contribution is 2.43. The number of aryl methyl sites for hydroxylation is 2. The van der Waals surface area contributed by atoms with Crippen LogP contribution in [0.2, 0.25) is 0 Å². The lowest BCUT2D eigenvalue weighted by Crippen LogP contribution is -2.12. The summed E-state index contributed by atoms with van der Waals surface area (Å²) in [6.07, 6.45) is 5.28. The summed E-state index contributed by atoms with van der Waals surface area (Å²) in [5, 5.41) is 19.9. The fourth-order valence-corrected chi connectivity index (χ4v) is 4.79. The van der Waals surface area contributed by atoms with Gasteiger partial charge in [0, 0.05) is 10.6 Å². The molecule has 0 spiro atoms. The Morgan fingerprint density at radius 3 is 2.62 bits per heavy atom. The zero-order chi connectivity index (χ0) is 23.3. The van der Waals surface area contributed by atoms with Gasteiger partial charge in [-0.25, -0.2) is 0 Å². The summed E-state index contributed by atoms with van der Waals surface area (Å²) in [6.45, 7) is 3.61. The number of methoxy groups -OCH3 is 1. The van der Waals surface area contributed by atoms with Crippen molar-refractivity contribution in [2.45, 2.75) is 24.3 Å². The molecule has 1 aromatic heterocycles. The Kier molecular flexibility index (Phi) is 7.77. The molecule has 0 saturated heterocycles. The predicted octanol–water partition coefficient (Wildman–Crippen LogP) is 4.78. The van der Waals surface area contributed by atoms with Gasteiger partial charge >= 0.3 is 0 Å². The Morgan fingerprint density at radius 2 is 2.00 bits per heavy atom. The third kappa shape index (κ3) is 5.41. The zero-order valence-electron chi connectivity index (χ0n) is 17.7. The van der Waals surface area contributed by atoms with Crippen LogP contribution < -0.4 is 9.47 Å². The van der Waals surface area contributed by atoms with Crippen molar-refractivity contribution in [3.05, 3.63) is 67.9 Å². The van der Waals surface area contributed by atoms with Crippen LogP contribution >= 0.6 is 27.7 Å². The van der Waals surface area contributed by atoms with Crippen molar-refractivity contribution >= 4 is 27.7 Å². The molecule has 0 bridgehead atoms. The maximum Gasteiger partial charge on any atom is 0.220 e. The first-order valence-corrected chi connectivity index (χ1v) is 11.2. The van der Waals surface area contributed by atoms with Gasteiger partial charge in [0.2, 0.25) is 6.54 Å². The molecule has 10 heteroatoms. The van der Waals surface area contributed by atoms with Crippen molar-refractivity contribution in [2.24, 2.45) is 0 Å². The molecule has 32 heavy (non-hydrogen) atoms. The first kappa shape index (κ1) is 23.6. The van der Waals surface area contributed by atoms with E-state index in [-0.39, 0.29) is 18.1 Å². The normalized spacial score (nSPS) is 11.6. The highest BCUT2D eigenvalue weighted by molar-refractivity contribution is 9.10. The number of terminal acetylenes is 1. The van der Waals surface area contributed by atoms with Gasteiger partial charge in [0.1, 0.15) is 17.7 Å². The average molecular weight is 517 g/mol. The van der Waals surface area contributed by atoms with Crippen LogP contribution in [0.1, 0.15) is 22.2 Å². The van der Waals surface area contributed by atoms with Gasteiger partial charge in [-0.3, -0.25) is 14.7 Å². The number of ether oxygens (including phenoxy) is 2. The maximum absolute atomic E-state index is 11.5. The number of nitrogens with zero attached hydrogens (tertiary/aromatic N) is 4. The molecule has 166 valence electrons. The molecule has 0 aliphatic carbocycles. The van der Waals surface area contributed by atoms with Gasteiger partial charge in [-0.15, -0.1) is 16.6 Å². The van der Waals surface area contributed by atoms with E-state index in [2.05, 4.69) is 32.0 Å². The molecule has 3 rings (SSSR count). The van der Waals surface area contributed by atoms with Gasteiger partial charge in [-0.2, -0.15) is 0 Å². The molecule has 0 fully saturated rings. The summed E-state index contributed by atoms with van der Waals surface area (Å²) in [5.41, 5.74) is 2.70. The zero-order valence-corrected chi connectivity index (χ0v) is 20.1. The van der Waals surface area contributed by atoms with Crippen molar-refractivity contribution in [3.63, 3.8) is 0 Å². The Labute approximate surface area is 198 Å². The maximum atomic E-state index is 11.5. The molecule has 0 aliphatic heterocycles. The van der Waals surface area contributed by atoms with Crippen molar-refractivity contribution in [2.75, 3.05) is 20.3 Å². The van der Waals surface area contributed by atoms with Gasteiger partial charge in [-0.1, -0.05) is 35.4 Å². The fraction of sp³-hybridized carbons (Fsp3) is 0.273. The highest BCUT2D eigenvalue weighted by atomic mass is 79.9. The van der Waals surface area contributed by atoms with Crippen LogP contribution in [-0.4, -0.2) is 39.9 Å². The lowest BCUT2D eigenvalue weighted by atomic mass is 10.1. The smallest absolute Gasteiger partial charge is 0.220 e. The van der Waals surface area contributed by atoms with Crippen LogP contribution in [0.3, 0.4) is 0 Å². The standard InChI is InChI=1S/C22H21BrN4O4S/c1-5-10-31-21-18(23)11-16(12-19(21)30-4)20(13-26(28)29)32-22-25-24-15(3)27(22)17-8-6-14(2)7-9-17/h1,6-9,11-12,20H,10,13H2,2-4H3/t20-/m1/s1. The Hall–Kier alpha value is -3.03. The van der Waals surface area contributed by atoms with Crippen LogP contribution in [0, 0.1) is 36.3 Å². The molecule has 3 aromatic rings. The molecule has 0 N–H and O–H groups in total. The first-order valence-electron chi connectivity index (χ1n) is 9.55. The third-order valence-corrected chi connectivity index (χ3v) is 6.34. The van der Waals surface area contributed by atoms with E-state index in [1.807, 2.05) is 42.7 Å². The van der Waals surface area contributed by atoms with Crippen LogP contribution in [0.5, 0.6) is 11.5 Å². The van der Waals surface area contributed by atoms with E-state index in [1.165, 1.54) is 18.9 Å². The van der Waals surface area contributed by atoms with Gasteiger partial charge in [-0.05, 0) is 59.6 Å². The Morgan fingerprint density at radius 1 is 1.28 bits per heavy atom. The molecule has 0 radical (unpaired) electrons. The lowest BCUT2D eigenvalue weighted by Gasteiger charge is -2.17. The number of halogens is 1. The average Bonchev–Trinajstić information content (AvgIpc) is 3.12. The molecular formula is C22H21BrN4O4S. The van der Waals surface area contributed by atoms with E-state index in [9.17, 15) is 10.1 Å². The minimum absolute atomic E-state index is 0.0698. The number of aromatic nitrogens is 3. The van der Waals surface area contributed by atoms with Crippen molar-refractivity contribution in [3.8, 4) is 29.5 Å². The molecule has 2 aromatic carbocycles. The summed E-state index contributed by atoms with van der Waals surface area (Å²) in [6, 6.07) is 11.4. The van der Waals surface area contributed by atoms with E-state index < -0.39 is 5.25 Å². The van der Waals surface area contributed by atoms with Crippen LogP contribution in [0.15, 0.2) is 46.0 Å². The summed E-state index contributed by atoms with van der Waals surface area (Å²) in [7, 11) is 1.50. The topological polar surface area (TPSA) is 92.3 Å². The van der Waals surface area contributed by atoms with E-state index in [4.69, 9.17) is 15.9 Å². The largest absolute Gasteiger partial charge is 0.493 e. The van der Waals surface area contributed by atoms with Gasteiger partial charge in [0.25, 0.3) is 0 Å². The first-order chi connectivity index (χ1) is 15.3. The monoisotopic (exact) mass is 516 g/mol. The van der Waals surface area contributed by atoms with Crippen LogP contribution in [-0.2, 0) is 0 Å². The van der Waals surface area contributed by atoms with Crippen molar-refractivity contribution < 1.29 is 14.4 Å². The quantitative estimate of drug-likeness (QED) is 0.175. The Balaban J connectivity index is 2.01. The third-order valence-electron chi connectivity index (χ3n) is 4.57. The number of hydrogen-bond acceptors (Lipinski definition) is 7. The number of rotatable bonds is 9. The second-order valence-corrected chi connectivity index (χ2v) is 8.87. The molecular weight excluding hydrogens is 496 g/mol. The number of benzene rings is 2. The predicted molar refractivity (Wildman–Crippen MR) is 126 cm³/mol. The SMILES string of the molecule is C#CCOc1c(Br)cc([C@@H](C[N+](=O)[O-])Sc2nnc(C)n2-c2ccc(C)cc2)cc1OC. The molecule has 1 atom stereocenters. The van der Waals surface area contributed by atoms with Crippen molar-refractivity contribution in [1.29, 1.82) is 0 Å². The second kappa shape index (κ2) is 10.5. The van der Waals surface area contributed by atoms with Crippen molar-refractivity contribution in [1.82, 2.24) is 14.8 Å². The van der Waals surface area contributed by atoms with Gasteiger partial charge in [0.05, 0.1) is 11.6 Å². The summed E-state index contributed by atoms with van der Waals surface area (Å²) in [4.78, 5) is 11.1. The molecule has 0 unspecified atom stereocenters. The van der Waals surface area contributed by atoms with E-state index in [1.54, 1.807) is 12.1 Å². The van der Waals surface area contributed by atoms with Crippen LogP contribution in [0.25, 0.3) is 5.69 Å². The summed E-state index contributed by atoms with van der Waals surface area (Å²) >= 11 is 4.73. The summed E-state index contributed by atoms with van der Waals surface area (Å²) in [5.74, 6) is 3.96. The number of hydrogen-bond donors (Lipinski definition) is 0. The molecule has 8 nitrogen and oxygen atoms in total. The summed E-state index contributed by atoms with van der Waals surface area (Å²) < 4.78 is 13.5. The Bertz CT molecular complexity index is 1160. The number of thioether (sulfide) groups is 1. The molecule has 0 aliphatic rings. The minimum atomic E-state index is -0.551. The lowest BCUT2D eigenvalue weighted by molar-refractivity contribution is -0.479. The minimum Gasteiger partial charge on any atom is -0.493 e. The molecule has 0 amide bonds. The van der Waals surface area contributed by atoms with E-state index >= 15 is 0 Å².